The Morgan fingerprint density at radius 1 is 0.905 bits per heavy atom. The Hall–Kier alpha value is -2.19. The first-order valence-electron chi connectivity index (χ1n) is 7.20. The molecule has 0 fully saturated rings. The molecule has 0 aromatic heterocycles. The van der Waals surface area contributed by atoms with Crippen LogP contribution in [-0.4, -0.2) is 0 Å². The molecule has 106 valence electrons. The van der Waals surface area contributed by atoms with Crippen LogP contribution >= 0.6 is 0 Å². The summed E-state index contributed by atoms with van der Waals surface area (Å²) in [5.74, 6) is -0.157. The average Bonchev–Trinajstić information content (AvgIpc) is 2.53. The van der Waals surface area contributed by atoms with E-state index >= 15 is 0 Å². The Morgan fingerprint density at radius 2 is 1.62 bits per heavy atom. The third-order valence-corrected chi connectivity index (χ3v) is 3.85. The second kappa shape index (κ2) is 6.06. The van der Waals surface area contributed by atoms with Gasteiger partial charge in [-0.05, 0) is 29.3 Å². The summed E-state index contributed by atoms with van der Waals surface area (Å²) in [5.41, 5.74) is 1.94. The van der Waals surface area contributed by atoms with Crippen molar-refractivity contribution in [3.8, 4) is 0 Å². The second-order valence-corrected chi connectivity index (χ2v) is 5.26. The molecule has 0 radical (unpaired) electrons. The summed E-state index contributed by atoms with van der Waals surface area (Å²) in [6.45, 7) is 2.64. The quantitative estimate of drug-likeness (QED) is 0.721. The predicted molar refractivity (Wildman–Crippen MR) is 85.6 cm³/mol. The summed E-state index contributed by atoms with van der Waals surface area (Å²) >= 11 is 0. The number of fused-ring (bicyclic) bond motifs is 1. The van der Waals surface area contributed by atoms with Crippen LogP contribution in [-0.2, 0) is 6.54 Å². The van der Waals surface area contributed by atoms with E-state index in [1.807, 2.05) is 18.2 Å². The van der Waals surface area contributed by atoms with Gasteiger partial charge in [0.05, 0.1) is 0 Å². The van der Waals surface area contributed by atoms with Gasteiger partial charge in [0.15, 0.2) is 0 Å². The van der Waals surface area contributed by atoms with Crippen LogP contribution in [0.25, 0.3) is 10.8 Å². The molecule has 3 aromatic rings. The van der Waals surface area contributed by atoms with Gasteiger partial charge in [-0.1, -0.05) is 60.7 Å². The molecule has 0 unspecified atom stereocenters. The summed E-state index contributed by atoms with van der Waals surface area (Å²) in [6, 6.07) is 21.7. The van der Waals surface area contributed by atoms with E-state index in [0.717, 1.165) is 0 Å². The standard InChI is InChI=1S/C19H18FN/c1-14(21-13-16-8-3-5-12-19(16)20)17-11-6-9-15-7-2-4-10-18(15)17/h2-12,14,21H,13H2,1H3/t14-/m1/s1. The molecule has 0 aliphatic heterocycles. The van der Waals surface area contributed by atoms with Crippen LogP contribution in [0.3, 0.4) is 0 Å². The molecule has 0 saturated heterocycles. The van der Waals surface area contributed by atoms with Crippen LogP contribution in [0.1, 0.15) is 24.1 Å². The van der Waals surface area contributed by atoms with Crippen molar-refractivity contribution in [3.05, 3.63) is 83.7 Å². The Kier molecular flexibility index (Phi) is 3.98. The van der Waals surface area contributed by atoms with Gasteiger partial charge in [-0.15, -0.1) is 0 Å². The van der Waals surface area contributed by atoms with Crippen LogP contribution in [0.15, 0.2) is 66.7 Å². The normalized spacial score (nSPS) is 12.5. The number of hydrogen-bond donors (Lipinski definition) is 1. The minimum Gasteiger partial charge on any atom is -0.306 e. The fraction of sp³-hybridized carbons (Fsp3) is 0.158. The average molecular weight is 279 g/mol. The van der Waals surface area contributed by atoms with E-state index in [4.69, 9.17) is 0 Å². The highest BCUT2D eigenvalue weighted by atomic mass is 19.1. The fourth-order valence-electron chi connectivity index (χ4n) is 2.64. The lowest BCUT2D eigenvalue weighted by Gasteiger charge is -2.17. The molecule has 1 nitrogen and oxygen atoms in total. The molecule has 0 spiro atoms. The van der Waals surface area contributed by atoms with Gasteiger partial charge >= 0.3 is 0 Å². The van der Waals surface area contributed by atoms with E-state index in [9.17, 15) is 4.39 Å². The summed E-state index contributed by atoms with van der Waals surface area (Å²) < 4.78 is 13.7. The Labute approximate surface area is 124 Å². The van der Waals surface area contributed by atoms with E-state index in [0.29, 0.717) is 12.1 Å². The summed E-state index contributed by atoms with van der Waals surface area (Å²) in [7, 11) is 0. The zero-order valence-corrected chi connectivity index (χ0v) is 12.0. The maximum absolute atomic E-state index is 13.7. The highest BCUT2D eigenvalue weighted by Gasteiger charge is 2.09. The van der Waals surface area contributed by atoms with Crippen molar-refractivity contribution < 1.29 is 4.39 Å². The number of rotatable bonds is 4. The van der Waals surface area contributed by atoms with Crippen molar-refractivity contribution in [2.24, 2.45) is 0 Å². The molecule has 0 saturated carbocycles. The second-order valence-electron chi connectivity index (χ2n) is 5.26. The van der Waals surface area contributed by atoms with Crippen molar-refractivity contribution in [2.75, 3.05) is 0 Å². The highest BCUT2D eigenvalue weighted by Crippen LogP contribution is 2.24. The molecule has 3 aromatic carbocycles. The van der Waals surface area contributed by atoms with Crippen molar-refractivity contribution in [1.82, 2.24) is 5.32 Å². The Bertz CT molecular complexity index is 746. The number of halogens is 1. The largest absolute Gasteiger partial charge is 0.306 e. The van der Waals surface area contributed by atoms with E-state index in [-0.39, 0.29) is 11.9 Å². The number of benzene rings is 3. The topological polar surface area (TPSA) is 12.0 Å². The molecule has 0 amide bonds. The first-order chi connectivity index (χ1) is 10.3. The van der Waals surface area contributed by atoms with Gasteiger partial charge in [0.25, 0.3) is 0 Å². The van der Waals surface area contributed by atoms with E-state index in [2.05, 4.69) is 48.6 Å². The van der Waals surface area contributed by atoms with Crippen LogP contribution in [0.4, 0.5) is 4.39 Å². The summed E-state index contributed by atoms with van der Waals surface area (Å²) in [4.78, 5) is 0. The highest BCUT2D eigenvalue weighted by molar-refractivity contribution is 5.86. The van der Waals surface area contributed by atoms with Crippen LogP contribution < -0.4 is 5.32 Å². The maximum Gasteiger partial charge on any atom is 0.127 e. The lowest BCUT2D eigenvalue weighted by molar-refractivity contribution is 0.546. The maximum atomic E-state index is 13.7. The van der Waals surface area contributed by atoms with E-state index < -0.39 is 0 Å². The van der Waals surface area contributed by atoms with Crippen molar-refractivity contribution in [2.45, 2.75) is 19.5 Å². The van der Waals surface area contributed by atoms with Crippen molar-refractivity contribution in [1.29, 1.82) is 0 Å². The molecule has 1 N–H and O–H groups in total. The fourth-order valence-corrected chi connectivity index (χ4v) is 2.64. The molecular formula is C19H18FN. The van der Waals surface area contributed by atoms with Gasteiger partial charge in [0, 0.05) is 18.2 Å². The minimum atomic E-state index is -0.157. The van der Waals surface area contributed by atoms with E-state index in [1.165, 1.54) is 22.4 Å². The lowest BCUT2D eigenvalue weighted by Crippen LogP contribution is -2.19. The first-order valence-corrected chi connectivity index (χ1v) is 7.20. The molecule has 0 heterocycles. The van der Waals surface area contributed by atoms with E-state index in [1.54, 1.807) is 6.07 Å². The monoisotopic (exact) mass is 279 g/mol. The number of hydrogen-bond acceptors (Lipinski definition) is 1. The van der Waals surface area contributed by atoms with Crippen LogP contribution in [0, 0.1) is 5.82 Å². The van der Waals surface area contributed by atoms with Gasteiger partial charge in [0.1, 0.15) is 5.82 Å². The zero-order chi connectivity index (χ0) is 14.7. The molecule has 0 aliphatic rings. The minimum absolute atomic E-state index is 0.157. The van der Waals surface area contributed by atoms with Crippen LogP contribution in [0.2, 0.25) is 0 Å². The van der Waals surface area contributed by atoms with Gasteiger partial charge < -0.3 is 5.32 Å². The summed E-state index contributed by atoms with van der Waals surface area (Å²) in [5, 5.41) is 5.88. The Balaban J connectivity index is 1.81. The molecule has 1 atom stereocenters. The molecule has 0 aliphatic carbocycles. The van der Waals surface area contributed by atoms with Crippen molar-refractivity contribution in [3.63, 3.8) is 0 Å². The van der Waals surface area contributed by atoms with Gasteiger partial charge in [-0.3, -0.25) is 0 Å². The van der Waals surface area contributed by atoms with Gasteiger partial charge in [-0.2, -0.15) is 0 Å². The molecule has 0 bridgehead atoms. The third kappa shape index (κ3) is 2.96. The van der Waals surface area contributed by atoms with Crippen molar-refractivity contribution >= 4 is 10.8 Å². The zero-order valence-electron chi connectivity index (χ0n) is 12.0. The van der Waals surface area contributed by atoms with Gasteiger partial charge in [0.2, 0.25) is 0 Å². The molecular weight excluding hydrogens is 261 g/mol. The molecule has 2 heteroatoms. The molecule has 3 rings (SSSR count). The SMILES string of the molecule is C[C@@H](NCc1ccccc1F)c1cccc2ccccc12. The predicted octanol–water partition coefficient (Wildman–Crippen LogP) is 4.83. The molecule has 21 heavy (non-hydrogen) atoms. The third-order valence-electron chi connectivity index (χ3n) is 3.85. The smallest absolute Gasteiger partial charge is 0.127 e. The van der Waals surface area contributed by atoms with Gasteiger partial charge in [-0.25, -0.2) is 4.39 Å². The first kappa shape index (κ1) is 13.8. The van der Waals surface area contributed by atoms with Crippen LogP contribution in [0.5, 0.6) is 0 Å². The Morgan fingerprint density at radius 3 is 2.48 bits per heavy atom. The lowest BCUT2D eigenvalue weighted by atomic mass is 9.99. The summed E-state index contributed by atoms with van der Waals surface area (Å²) in [6.07, 6.45) is 0. The number of nitrogens with one attached hydrogen (secondary N) is 1.